The van der Waals surface area contributed by atoms with E-state index >= 15 is 0 Å². The average molecular weight is 343 g/mol. The lowest BCUT2D eigenvalue weighted by molar-refractivity contribution is 0.202. The highest BCUT2D eigenvalue weighted by molar-refractivity contribution is 7.87. The van der Waals surface area contributed by atoms with Crippen LogP contribution in [0.25, 0.3) is 10.9 Å². The average Bonchev–Trinajstić information content (AvgIpc) is 2.60. The fraction of sp³-hybridized carbons (Fsp3) is 0.167. The van der Waals surface area contributed by atoms with Crippen molar-refractivity contribution in [3.8, 4) is 5.75 Å². The van der Waals surface area contributed by atoms with Gasteiger partial charge in [-0.15, -0.1) is 0 Å². The zero-order valence-electron chi connectivity index (χ0n) is 13.2. The van der Waals surface area contributed by atoms with Crippen LogP contribution < -0.4 is 4.18 Å². The lowest BCUT2D eigenvalue weighted by atomic mass is 10.1. The molecule has 3 rings (SSSR count). The Morgan fingerprint density at radius 3 is 2.50 bits per heavy atom. The van der Waals surface area contributed by atoms with Crippen LogP contribution in [0.15, 0.2) is 65.7 Å². The molecule has 0 unspecified atom stereocenters. The van der Waals surface area contributed by atoms with Crippen LogP contribution in [0, 0.1) is 0 Å². The summed E-state index contributed by atoms with van der Waals surface area (Å²) in [5.41, 5.74) is 1.45. The van der Waals surface area contributed by atoms with E-state index in [1.165, 1.54) is 6.07 Å². The second kappa shape index (κ2) is 6.98. The molecule has 0 spiro atoms. The van der Waals surface area contributed by atoms with E-state index in [-0.39, 0.29) is 10.6 Å². The van der Waals surface area contributed by atoms with E-state index in [4.69, 9.17) is 8.92 Å². The Kier molecular flexibility index (Phi) is 4.78. The first-order valence-electron chi connectivity index (χ1n) is 7.46. The van der Waals surface area contributed by atoms with Gasteiger partial charge in [-0.2, -0.15) is 8.42 Å². The number of hydrogen-bond donors (Lipinski definition) is 0. The highest BCUT2D eigenvalue weighted by Crippen LogP contribution is 2.24. The van der Waals surface area contributed by atoms with Crippen molar-refractivity contribution in [1.29, 1.82) is 0 Å². The summed E-state index contributed by atoms with van der Waals surface area (Å²) in [7, 11) is -2.32. The molecule has 1 aromatic heterocycles. The molecule has 2 aromatic carbocycles. The normalized spacial score (nSPS) is 11.5. The van der Waals surface area contributed by atoms with E-state index in [9.17, 15) is 8.42 Å². The lowest BCUT2D eigenvalue weighted by Crippen LogP contribution is -2.10. The Hall–Kier alpha value is -2.44. The molecule has 0 fully saturated rings. The van der Waals surface area contributed by atoms with E-state index in [2.05, 4.69) is 4.98 Å². The van der Waals surface area contributed by atoms with Crippen LogP contribution in [0.1, 0.15) is 5.56 Å². The molecule has 0 aliphatic rings. The Labute approximate surface area is 141 Å². The zero-order chi connectivity index (χ0) is 17.0. The van der Waals surface area contributed by atoms with Gasteiger partial charge in [0, 0.05) is 18.7 Å². The Morgan fingerprint density at radius 2 is 1.75 bits per heavy atom. The molecule has 5 nitrogen and oxygen atoms in total. The van der Waals surface area contributed by atoms with Crippen LogP contribution in [0.5, 0.6) is 5.75 Å². The van der Waals surface area contributed by atoms with Gasteiger partial charge in [0.25, 0.3) is 0 Å². The Bertz CT molecular complexity index is 931. The van der Waals surface area contributed by atoms with Gasteiger partial charge >= 0.3 is 10.1 Å². The molecular formula is C18H17NO4S. The monoisotopic (exact) mass is 343 g/mol. The standard InChI is InChI=1S/C18H17NO4S/c1-22-13-11-14-7-9-16(10-8-14)23-24(20,21)17-6-2-4-15-5-3-12-19-18(15)17/h2-10,12H,11,13H2,1H3. The van der Waals surface area contributed by atoms with Gasteiger partial charge in [-0.05, 0) is 36.2 Å². The minimum atomic E-state index is -3.96. The predicted molar refractivity (Wildman–Crippen MR) is 91.6 cm³/mol. The molecule has 0 aliphatic carbocycles. The maximum Gasteiger partial charge on any atom is 0.341 e. The highest BCUT2D eigenvalue weighted by Gasteiger charge is 2.20. The second-order valence-electron chi connectivity index (χ2n) is 5.26. The molecule has 0 aliphatic heterocycles. The number of ether oxygens (including phenoxy) is 1. The number of aromatic nitrogens is 1. The summed E-state index contributed by atoms with van der Waals surface area (Å²) in [5.74, 6) is 0.268. The summed E-state index contributed by atoms with van der Waals surface area (Å²) in [6.45, 7) is 0.611. The maximum atomic E-state index is 12.6. The molecule has 0 atom stereocenters. The topological polar surface area (TPSA) is 65.5 Å². The van der Waals surface area contributed by atoms with Crippen molar-refractivity contribution in [3.63, 3.8) is 0 Å². The largest absolute Gasteiger partial charge is 0.384 e. The maximum absolute atomic E-state index is 12.6. The number of pyridine rings is 1. The third-order valence-electron chi connectivity index (χ3n) is 3.59. The Balaban J connectivity index is 1.88. The number of para-hydroxylation sites is 1. The van der Waals surface area contributed by atoms with Crippen molar-refractivity contribution in [2.45, 2.75) is 11.3 Å². The fourth-order valence-electron chi connectivity index (χ4n) is 2.38. The molecule has 1 heterocycles. The molecule has 3 aromatic rings. The molecule has 124 valence electrons. The van der Waals surface area contributed by atoms with Gasteiger partial charge in [-0.3, -0.25) is 4.98 Å². The molecular weight excluding hydrogens is 326 g/mol. The van der Waals surface area contributed by atoms with E-state index in [0.717, 1.165) is 17.4 Å². The summed E-state index contributed by atoms with van der Waals surface area (Å²) >= 11 is 0. The van der Waals surface area contributed by atoms with Gasteiger partial charge in [0.1, 0.15) is 10.6 Å². The van der Waals surface area contributed by atoms with Crippen molar-refractivity contribution in [2.24, 2.45) is 0 Å². The van der Waals surface area contributed by atoms with Crippen LogP contribution in [-0.2, 0) is 21.3 Å². The Morgan fingerprint density at radius 1 is 1.00 bits per heavy atom. The SMILES string of the molecule is COCCc1ccc(OS(=O)(=O)c2cccc3cccnc23)cc1. The summed E-state index contributed by atoms with van der Waals surface area (Å²) in [4.78, 5) is 4.22. The van der Waals surface area contributed by atoms with Crippen molar-refractivity contribution in [1.82, 2.24) is 4.98 Å². The lowest BCUT2D eigenvalue weighted by Gasteiger charge is -2.09. The van der Waals surface area contributed by atoms with E-state index in [1.807, 2.05) is 24.3 Å². The first kappa shape index (κ1) is 16.4. The fourth-order valence-corrected chi connectivity index (χ4v) is 3.49. The molecule has 0 amide bonds. The van der Waals surface area contributed by atoms with Crippen molar-refractivity contribution < 1.29 is 17.3 Å². The van der Waals surface area contributed by atoms with E-state index < -0.39 is 10.1 Å². The number of rotatable bonds is 6. The van der Waals surface area contributed by atoms with Gasteiger partial charge < -0.3 is 8.92 Å². The van der Waals surface area contributed by atoms with Gasteiger partial charge in [-0.25, -0.2) is 0 Å². The third-order valence-corrected chi connectivity index (χ3v) is 4.87. The molecule has 0 N–H and O–H groups in total. The van der Waals surface area contributed by atoms with E-state index in [0.29, 0.717) is 12.1 Å². The van der Waals surface area contributed by atoms with Crippen LogP contribution in [0.4, 0.5) is 0 Å². The van der Waals surface area contributed by atoms with Crippen LogP contribution >= 0.6 is 0 Å². The van der Waals surface area contributed by atoms with Crippen molar-refractivity contribution in [3.05, 3.63) is 66.4 Å². The van der Waals surface area contributed by atoms with Gasteiger partial charge in [0.15, 0.2) is 0 Å². The number of fused-ring (bicyclic) bond motifs is 1. The number of hydrogen-bond acceptors (Lipinski definition) is 5. The minimum absolute atomic E-state index is 0.0593. The first-order chi connectivity index (χ1) is 11.6. The second-order valence-corrected chi connectivity index (χ2v) is 6.77. The van der Waals surface area contributed by atoms with E-state index in [1.54, 1.807) is 37.6 Å². The summed E-state index contributed by atoms with van der Waals surface area (Å²) in [6.07, 6.45) is 2.32. The smallest absolute Gasteiger partial charge is 0.341 e. The van der Waals surface area contributed by atoms with Gasteiger partial charge in [-0.1, -0.05) is 30.3 Å². The summed E-state index contributed by atoms with van der Waals surface area (Å²) in [6, 6.07) is 15.5. The minimum Gasteiger partial charge on any atom is -0.384 e. The molecule has 24 heavy (non-hydrogen) atoms. The predicted octanol–water partition coefficient (Wildman–Crippen LogP) is 3.19. The number of nitrogens with zero attached hydrogens (tertiary/aromatic N) is 1. The number of benzene rings is 2. The van der Waals surface area contributed by atoms with Crippen LogP contribution in [-0.4, -0.2) is 27.1 Å². The molecule has 0 saturated heterocycles. The van der Waals surface area contributed by atoms with Crippen molar-refractivity contribution in [2.75, 3.05) is 13.7 Å². The first-order valence-corrected chi connectivity index (χ1v) is 8.87. The molecule has 6 heteroatoms. The summed E-state index contributed by atoms with van der Waals surface area (Å²) < 4.78 is 35.5. The van der Waals surface area contributed by atoms with Gasteiger partial charge in [0.05, 0.1) is 12.1 Å². The van der Waals surface area contributed by atoms with Crippen LogP contribution in [0.3, 0.4) is 0 Å². The number of methoxy groups -OCH3 is 1. The zero-order valence-corrected chi connectivity index (χ0v) is 14.0. The van der Waals surface area contributed by atoms with Gasteiger partial charge in [0.2, 0.25) is 0 Å². The van der Waals surface area contributed by atoms with Crippen molar-refractivity contribution >= 4 is 21.0 Å². The third kappa shape index (κ3) is 3.55. The molecule has 0 radical (unpaired) electrons. The molecule has 0 saturated carbocycles. The summed E-state index contributed by atoms with van der Waals surface area (Å²) in [5, 5.41) is 0.747. The highest BCUT2D eigenvalue weighted by atomic mass is 32.2. The quantitative estimate of drug-likeness (QED) is 0.643. The van der Waals surface area contributed by atoms with Crippen LogP contribution in [0.2, 0.25) is 0 Å². The molecule has 0 bridgehead atoms.